The molecule has 1 aliphatic heterocycles. The Balaban J connectivity index is 2.10. The molecule has 0 aromatic rings. The molecule has 2 N–H and O–H groups in total. The van der Waals surface area contributed by atoms with Crippen LogP contribution in [0, 0.1) is 0 Å². The molecule has 0 radical (unpaired) electrons. The fourth-order valence-electron chi connectivity index (χ4n) is 3.11. The topological polar surface area (TPSA) is 48.9 Å². The van der Waals surface area contributed by atoms with Crippen LogP contribution in [0.25, 0.3) is 0 Å². The summed E-state index contributed by atoms with van der Waals surface area (Å²) < 4.78 is 5.06. The van der Waals surface area contributed by atoms with Gasteiger partial charge in [0, 0.05) is 46.4 Å². The van der Waals surface area contributed by atoms with Crippen molar-refractivity contribution in [3.05, 3.63) is 0 Å². The van der Waals surface area contributed by atoms with Gasteiger partial charge in [0.05, 0.1) is 0 Å². The number of piperidine rings is 1. The summed E-state index contributed by atoms with van der Waals surface area (Å²) in [6, 6.07) is 0.784. The van der Waals surface area contributed by atoms with E-state index < -0.39 is 0 Å². The molecule has 0 spiro atoms. The lowest BCUT2D eigenvalue weighted by Crippen LogP contribution is -2.46. The highest BCUT2D eigenvalue weighted by molar-refractivity contribution is 5.79. The molecule has 0 bridgehead atoms. The molecule has 1 fully saturated rings. The van der Waals surface area contributed by atoms with Gasteiger partial charge in [-0.3, -0.25) is 9.89 Å². The second-order valence-electron chi connectivity index (χ2n) is 6.07. The van der Waals surface area contributed by atoms with E-state index >= 15 is 0 Å². The van der Waals surface area contributed by atoms with Crippen LogP contribution in [0.5, 0.6) is 0 Å². The van der Waals surface area contributed by atoms with E-state index in [1.54, 1.807) is 7.11 Å². The number of rotatable bonds is 10. The molecule has 1 aliphatic rings. The Hall–Kier alpha value is -0.810. The van der Waals surface area contributed by atoms with Crippen molar-refractivity contribution in [2.75, 3.05) is 46.9 Å². The minimum atomic E-state index is 0.784. The number of methoxy groups -OCH3 is 1. The number of hydrogen-bond donors (Lipinski definition) is 2. The molecule has 1 unspecified atom stereocenters. The SMILES string of the molecule is CCC1CCCCN1CCNC(=NC)NCCCCCOC. The molecule has 0 saturated carbocycles. The smallest absolute Gasteiger partial charge is 0.191 e. The van der Waals surface area contributed by atoms with Crippen LogP contribution in [0.3, 0.4) is 0 Å². The molecule has 0 aromatic carbocycles. The molecule has 0 aliphatic carbocycles. The maximum Gasteiger partial charge on any atom is 0.191 e. The summed E-state index contributed by atoms with van der Waals surface area (Å²) in [5, 5.41) is 6.82. The number of aliphatic imine (C=N–C) groups is 1. The van der Waals surface area contributed by atoms with E-state index in [4.69, 9.17) is 4.74 Å². The lowest BCUT2D eigenvalue weighted by molar-refractivity contribution is 0.147. The summed E-state index contributed by atoms with van der Waals surface area (Å²) in [5.74, 6) is 0.928. The fourth-order valence-corrected chi connectivity index (χ4v) is 3.11. The summed E-state index contributed by atoms with van der Waals surface area (Å²) in [5.41, 5.74) is 0. The van der Waals surface area contributed by atoms with E-state index in [2.05, 4.69) is 27.4 Å². The van der Waals surface area contributed by atoms with Gasteiger partial charge in [-0.05, 0) is 45.1 Å². The molecule has 1 saturated heterocycles. The van der Waals surface area contributed by atoms with Gasteiger partial charge in [-0.2, -0.15) is 0 Å². The van der Waals surface area contributed by atoms with Gasteiger partial charge in [-0.1, -0.05) is 13.3 Å². The molecule has 5 nitrogen and oxygen atoms in total. The average molecular weight is 313 g/mol. The Labute approximate surface area is 136 Å². The Morgan fingerprint density at radius 2 is 2.00 bits per heavy atom. The molecule has 1 atom stereocenters. The first-order chi connectivity index (χ1) is 10.8. The number of hydrogen-bond acceptors (Lipinski definition) is 3. The van der Waals surface area contributed by atoms with E-state index in [9.17, 15) is 0 Å². The number of likely N-dealkylation sites (tertiary alicyclic amines) is 1. The average Bonchev–Trinajstić information content (AvgIpc) is 2.56. The van der Waals surface area contributed by atoms with Crippen LogP contribution >= 0.6 is 0 Å². The fraction of sp³-hybridized carbons (Fsp3) is 0.941. The van der Waals surface area contributed by atoms with Gasteiger partial charge >= 0.3 is 0 Å². The lowest BCUT2D eigenvalue weighted by Gasteiger charge is -2.35. The van der Waals surface area contributed by atoms with Crippen molar-refractivity contribution in [3.8, 4) is 0 Å². The van der Waals surface area contributed by atoms with Gasteiger partial charge in [-0.25, -0.2) is 0 Å². The van der Waals surface area contributed by atoms with Crippen molar-refractivity contribution in [1.29, 1.82) is 0 Å². The quantitative estimate of drug-likeness (QED) is 0.369. The lowest BCUT2D eigenvalue weighted by atomic mass is 10.0. The third-order valence-electron chi connectivity index (χ3n) is 4.45. The molecule has 0 amide bonds. The minimum absolute atomic E-state index is 0.784. The predicted molar refractivity (Wildman–Crippen MR) is 94.6 cm³/mol. The number of nitrogens with one attached hydrogen (secondary N) is 2. The summed E-state index contributed by atoms with van der Waals surface area (Å²) in [6.07, 6.45) is 8.88. The monoisotopic (exact) mass is 312 g/mol. The first-order valence-corrected chi connectivity index (χ1v) is 8.99. The maximum atomic E-state index is 5.06. The Kier molecular flexibility index (Phi) is 11.1. The zero-order chi connectivity index (χ0) is 16.0. The van der Waals surface area contributed by atoms with Gasteiger partial charge in [-0.15, -0.1) is 0 Å². The zero-order valence-corrected chi connectivity index (χ0v) is 14.9. The number of unbranched alkanes of at least 4 members (excludes halogenated alkanes) is 2. The second kappa shape index (κ2) is 12.7. The van der Waals surface area contributed by atoms with Crippen LogP contribution in [-0.4, -0.2) is 63.8 Å². The highest BCUT2D eigenvalue weighted by atomic mass is 16.5. The standard InChI is InChI=1S/C17H36N4O/c1-4-16-10-6-8-13-21(16)14-12-20-17(18-2)19-11-7-5-9-15-22-3/h16H,4-15H2,1-3H3,(H2,18,19,20). The zero-order valence-electron chi connectivity index (χ0n) is 14.9. The third kappa shape index (κ3) is 7.99. The molecule has 0 aromatic heterocycles. The van der Waals surface area contributed by atoms with E-state index in [-0.39, 0.29) is 0 Å². The van der Waals surface area contributed by atoms with Crippen molar-refractivity contribution in [2.45, 2.75) is 57.9 Å². The van der Waals surface area contributed by atoms with Gasteiger partial charge in [0.15, 0.2) is 5.96 Å². The van der Waals surface area contributed by atoms with E-state index in [0.29, 0.717) is 0 Å². The summed E-state index contributed by atoms with van der Waals surface area (Å²) >= 11 is 0. The third-order valence-corrected chi connectivity index (χ3v) is 4.45. The molecular formula is C17H36N4O. The second-order valence-corrected chi connectivity index (χ2v) is 6.07. The summed E-state index contributed by atoms with van der Waals surface area (Å²) in [4.78, 5) is 6.93. The largest absolute Gasteiger partial charge is 0.385 e. The van der Waals surface area contributed by atoms with Crippen molar-refractivity contribution in [2.24, 2.45) is 4.99 Å². The molecule has 22 heavy (non-hydrogen) atoms. The van der Waals surface area contributed by atoms with Crippen LogP contribution in [0.2, 0.25) is 0 Å². The van der Waals surface area contributed by atoms with Crippen LogP contribution < -0.4 is 10.6 Å². The number of nitrogens with zero attached hydrogens (tertiary/aromatic N) is 2. The first-order valence-electron chi connectivity index (χ1n) is 8.99. The van der Waals surface area contributed by atoms with Gasteiger partial charge in [0.25, 0.3) is 0 Å². The van der Waals surface area contributed by atoms with E-state index in [0.717, 1.165) is 51.1 Å². The molecule has 1 rings (SSSR count). The van der Waals surface area contributed by atoms with E-state index in [1.165, 1.54) is 38.6 Å². The van der Waals surface area contributed by atoms with Gasteiger partial charge in [0.1, 0.15) is 0 Å². The Morgan fingerprint density at radius 3 is 2.73 bits per heavy atom. The van der Waals surface area contributed by atoms with Crippen LogP contribution in [0.15, 0.2) is 4.99 Å². The molecule has 130 valence electrons. The van der Waals surface area contributed by atoms with E-state index in [1.807, 2.05) is 7.05 Å². The van der Waals surface area contributed by atoms with Crippen molar-refractivity contribution < 1.29 is 4.74 Å². The van der Waals surface area contributed by atoms with Gasteiger partial charge < -0.3 is 15.4 Å². The van der Waals surface area contributed by atoms with Crippen LogP contribution in [0.4, 0.5) is 0 Å². The van der Waals surface area contributed by atoms with Crippen LogP contribution in [0.1, 0.15) is 51.9 Å². The maximum absolute atomic E-state index is 5.06. The highest BCUT2D eigenvalue weighted by Gasteiger charge is 2.19. The van der Waals surface area contributed by atoms with Crippen molar-refractivity contribution in [3.63, 3.8) is 0 Å². The molecule has 1 heterocycles. The van der Waals surface area contributed by atoms with Gasteiger partial charge in [0.2, 0.25) is 0 Å². The molecule has 5 heteroatoms. The van der Waals surface area contributed by atoms with Crippen LogP contribution in [-0.2, 0) is 4.74 Å². The van der Waals surface area contributed by atoms with Crippen molar-refractivity contribution >= 4 is 5.96 Å². The number of guanidine groups is 1. The predicted octanol–water partition coefficient (Wildman–Crippen LogP) is 2.23. The highest BCUT2D eigenvalue weighted by Crippen LogP contribution is 2.18. The Morgan fingerprint density at radius 1 is 1.18 bits per heavy atom. The van der Waals surface area contributed by atoms with Crippen molar-refractivity contribution in [1.82, 2.24) is 15.5 Å². The number of ether oxygens (including phenoxy) is 1. The Bertz CT molecular complexity index is 296. The molecular weight excluding hydrogens is 276 g/mol. The normalized spacial score (nSPS) is 20.1. The summed E-state index contributed by atoms with van der Waals surface area (Å²) in [7, 11) is 3.60. The minimum Gasteiger partial charge on any atom is -0.385 e. The first kappa shape index (κ1) is 19.2. The summed E-state index contributed by atoms with van der Waals surface area (Å²) in [6.45, 7) is 7.49.